The molecular weight excluding hydrogens is 168 g/mol. The molecule has 0 unspecified atom stereocenters. The first-order valence-electron chi connectivity index (χ1n) is 5.00. The molecule has 4 nitrogen and oxygen atoms in total. The van der Waals surface area contributed by atoms with Crippen molar-refractivity contribution in [1.29, 1.82) is 0 Å². The zero-order valence-corrected chi connectivity index (χ0v) is 8.50. The van der Waals surface area contributed by atoms with Crippen LogP contribution in [0.25, 0.3) is 0 Å². The van der Waals surface area contributed by atoms with Crippen molar-refractivity contribution in [3.63, 3.8) is 0 Å². The largest absolute Gasteiger partial charge is 0.395 e. The molecule has 0 fully saturated rings. The van der Waals surface area contributed by atoms with E-state index in [-0.39, 0.29) is 13.2 Å². The fraction of sp³-hybridized carbons (Fsp3) is 1.00. The quantitative estimate of drug-likeness (QED) is 0.420. The standard InChI is InChI=1S/C9H22N2O2/c1-2-3-10-4-5-11(6-8-12)7-9-13/h10,12-13H,2-9H2,1H3. The summed E-state index contributed by atoms with van der Waals surface area (Å²) in [6.45, 7) is 6.59. The van der Waals surface area contributed by atoms with E-state index in [9.17, 15) is 0 Å². The lowest BCUT2D eigenvalue weighted by Gasteiger charge is -2.19. The Bertz CT molecular complexity index is 95.6. The maximum atomic E-state index is 8.72. The molecule has 0 radical (unpaired) electrons. The summed E-state index contributed by atoms with van der Waals surface area (Å²) >= 11 is 0. The van der Waals surface area contributed by atoms with Gasteiger partial charge in [0, 0.05) is 26.2 Å². The van der Waals surface area contributed by atoms with Crippen molar-refractivity contribution in [2.45, 2.75) is 13.3 Å². The Balaban J connectivity index is 3.33. The van der Waals surface area contributed by atoms with Crippen LogP contribution in [-0.4, -0.2) is 61.1 Å². The monoisotopic (exact) mass is 190 g/mol. The van der Waals surface area contributed by atoms with Gasteiger partial charge in [-0.1, -0.05) is 6.92 Å². The number of nitrogens with one attached hydrogen (secondary N) is 1. The van der Waals surface area contributed by atoms with E-state index in [2.05, 4.69) is 12.2 Å². The Hall–Kier alpha value is -0.160. The fourth-order valence-electron chi connectivity index (χ4n) is 1.16. The minimum atomic E-state index is 0.160. The van der Waals surface area contributed by atoms with Gasteiger partial charge in [-0.15, -0.1) is 0 Å². The van der Waals surface area contributed by atoms with E-state index in [0.717, 1.165) is 26.1 Å². The summed E-state index contributed by atoms with van der Waals surface area (Å²) in [5.74, 6) is 0. The number of hydrogen-bond acceptors (Lipinski definition) is 4. The summed E-state index contributed by atoms with van der Waals surface area (Å²) in [5, 5.41) is 20.7. The Morgan fingerprint density at radius 1 is 1.00 bits per heavy atom. The van der Waals surface area contributed by atoms with E-state index in [1.165, 1.54) is 0 Å². The summed E-state index contributed by atoms with van der Waals surface area (Å²) in [5.41, 5.74) is 0. The zero-order chi connectivity index (χ0) is 9.94. The second-order valence-corrected chi connectivity index (χ2v) is 3.04. The molecule has 4 heteroatoms. The van der Waals surface area contributed by atoms with Crippen molar-refractivity contribution in [2.75, 3.05) is 45.9 Å². The van der Waals surface area contributed by atoms with Gasteiger partial charge in [0.25, 0.3) is 0 Å². The topological polar surface area (TPSA) is 55.7 Å². The van der Waals surface area contributed by atoms with Gasteiger partial charge in [0.1, 0.15) is 0 Å². The lowest BCUT2D eigenvalue weighted by molar-refractivity contribution is 0.161. The van der Waals surface area contributed by atoms with Crippen LogP contribution in [0.4, 0.5) is 0 Å². The number of nitrogens with zero attached hydrogens (tertiary/aromatic N) is 1. The molecule has 0 aliphatic heterocycles. The first-order chi connectivity index (χ1) is 6.35. The van der Waals surface area contributed by atoms with E-state index >= 15 is 0 Å². The second-order valence-electron chi connectivity index (χ2n) is 3.04. The highest BCUT2D eigenvalue weighted by Crippen LogP contribution is 1.85. The molecule has 0 aromatic carbocycles. The molecule has 0 saturated carbocycles. The van der Waals surface area contributed by atoms with Gasteiger partial charge >= 0.3 is 0 Å². The molecule has 0 heterocycles. The van der Waals surface area contributed by atoms with E-state index in [1.54, 1.807) is 0 Å². The van der Waals surface area contributed by atoms with Crippen LogP contribution in [0.5, 0.6) is 0 Å². The first-order valence-corrected chi connectivity index (χ1v) is 5.00. The molecule has 0 aromatic heterocycles. The van der Waals surface area contributed by atoms with Crippen molar-refractivity contribution < 1.29 is 10.2 Å². The van der Waals surface area contributed by atoms with Crippen molar-refractivity contribution in [3.8, 4) is 0 Å². The van der Waals surface area contributed by atoms with Crippen LogP contribution >= 0.6 is 0 Å². The first kappa shape index (κ1) is 12.8. The van der Waals surface area contributed by atoms with Gasteiger partial charge in [-0.3, -0.25) is 4.90 Å². The van der Waals surface area contributed by atoms with E-state index in [0.29, 0.717) is 13.1 Å². The normalized spacial score (nSPS) is 11.1. The molecule has 0 bridgehead atoms. The lowest BCUT2D eigenvalue weighted by atomic mass is 10.4. The molecule has 0 amide bonds. The smallest absolute Gasteiger partial charge is 0.0558 e. The van der Waals surface area contributed by atoms with Gasteiger partial charge in [-0.2, -0.15) is 0 Å². The summed E-state index contributed by atoms with van der Waals surface area (Å²) in [4.78, 5) is 2.04. The summed E-state index contributed by atoms with van der Waals surface area (Å²) in [6, 6.07) is 0. The van der Waals surface area contributed by atoms with E-state index in [1.807, 2.05) is 4.90 Å². The SMILES string of the molecule is CCCNCCN(CCO)CCO. The summed E-state index contributed by atoms with van der Waals surface area (Å²) in [7, 11) is 0. The van der Waals surface area contributed by atoms with Crippen LogP contribution in [0, 0.1) is 0 Å². The Morgan fingerprint density at radius 2 is 1.62 bits per heavy atom. The predicted molar refractivity (Wildman–Crippen MR) is 53.8 cm³/mol. The number of hydrogen-bond donors (Lipinski definition) is 3. The van der Waals surface area contributed by atoms with Gasteiger partial charge in [0.05, 0.1) is 13.2 Å². The average molecular weight is 190 g/mol. The van der Waals surface area contributed by atoms with Crippen molar-refractivity contribution in [1.82, 2.24) is 10.2 Å². The third kappa shape index (κ3) is 8.18. The predicted octanol–water partition coefficient (Wildman–Crippen LogP) is -0.727. The molecule has 3 N–H and O–H groups in total. The van der Waals surface area contributed by atoms with E-state index < -0.39 is 0 Å². The zero-order valence-electron chi connectivity index (χ0n) is 8.50. The number of rotatable bonds is 9. The van der Waals surface area contributed by atoms with Gasteiger partial charge in [0.2, 0.25) is 0 Å². The van der Waals surface area contributed by atoms with Gasteiger partial charge in [-0.25, -0.2) is 0 Å². The molecule has 0 aliphatic rings. The van der Waals surface area contributed by atoms with Crippen molar-refractivity contribution >= 4 is 0 Å². The van der Waals surface area contributed by atoms with Crippen LogP contribution in [0.15, 0.2) is 0 Å². The molecule has 0 atom stereocenters. The van der Waals surface area contributed by atoms with Crippen LogP contribution in [0.2, 0.25) is 0 Å². The molecule has 0 aromatic rings. The molecule has 0 spiro atoms. The van der Waals surface area contributed by atoms with Crippen LogP contribution in [0.3, 0.4) is 0 Å². The molecule has 0 saturated heterocycles. The van der Waals surface area contributed by atoms with Crippen LogP contribution in [0.1, 0.15) is 13.3 Å². The second kappa shape index (κ2) is 9.92. The van der Waals surface area contributed by atoms with Gasteiger partial charge < -0.3 is 15.5 Å². The van der Waals surface area contributed by atoms with Crippen LogP contribution in [-0.2, 0) is 0 Å². The third-order valence-corrected chi connectivity index (χ3v) is 1.86. The molecule has 13 heavy (non-hydrogen) atoms. The molecule has 80 valence electrons. The summed E-state index contributed by atoms with van der Waals surface area (Å²) in [6.07, 6.45) is 1.14. The maximum Gasteiger partial charge on any atom is 0.0558 e. The highest BCUT2D eigenvalue weighted by atomic mass is 16.3. The number of aliphatic hydroxyl groups is 2. The molecular formula is C9H22N2O2. The fourth-order valence-corrected chi connectivity index (χ4v) is 1.16. The highest BCUT2D eigenvalue weighted by molar-refractivity contribution is 4.58. The summed E-state index contributed by atoms with van der Waals surface area (Å²) < 4.78 is 0. The van der Waals surface area contributed by atoms with Gasteiger partial charge in [0.15, 0.2) is 0 Å². The maximum absolute atomic E-state index is 8.72. The Morgan fingerprint density at radius 3 is 2.08 bits per heavy atom. The Kier molecular flexibility index (Phi) is 9.80. The van der Waals surface area contributed by atoms with Crippen molar-refractivity contribution in [2.24, 2.45) is 0 Å². The number of aliphatic hydroxyl groups excluding tert-OH is 2. The van der Waals surface area contributed by atoms with Crippen LogP contribution < -0.4 is 5.32 Å². The highest BCUT2D eigenvalue weighted by Gasteiger charge is 2.01. The molecule has 0 aliphatic carbocycles. The minimum absolute atomic E-state index is 0.160. The van der Waals surface area contributed by atoms with Gasteiger partial charge in [-0.05, 0) is 13.0 Å². The average Bonchev–Trinajstić information content (AvgIpc) is 2.13. The van der Waals surface area contributed by atoms with Crippen molar-refractivity contribution in [3.05, 3.63) is 0 Å². The Labute approximate surface area is 80.6 Å². The molecule has 0 rings (SSSR count). The lowest BCUT2D eigenvalue weighted by Crippen LogP contribution is -2.36. The minimum Gasteiger partial charge on any atom is -0.395 e. The van der Waals surface area contributed by atoms with E-state index in [4.69, 9.17) is 10.2 Å². The third-order valence-electron chi connectivity index (χ3n) is 1.86.